The zero-order chi connectivity index (χ0) is 14.8. The summed E-state index contributed by atoms with van der Waals surface area (Å²) in [6, 6.07) is 5.90. The maximum Gasteiger partial charge on any atom is 0.303 e. The van der Waals surface area contributed by atoms with Crippen LogP contribution in [0.5, 0.6) is 11.5 Å². The highest BCUT2D eigenvalue weighted by Gasteiger charge is 2.04. The third kappa shape index (κ3) is 5.95. The second kappa shape index (κ2) is 9.23. The molecule has 1 rings (SSSR count). The number of aryl methyl sites for hydroxylation is 1. The standard InChI is InChI=1S/C16H24O4/c1-19-14-11-10-13(15(12-14)20-2)8-6-4-3-5-7-9-16(17)18/h10-12H,3-9H2,1-2H3,(H,17,18). The van der Waals surface area contributed by atoms with E-state index < -0.39 is 5.97 Å². The first-order valence-electron chi connectivity index (χ1n) is 7.10. The van der Waals surface area contributed by atoms with E-state index in [0.29, 0.717) is 0 Å². The molecule has 1 N–H and O–H groups in total. The molecule has 0 aromatic heterocycles. The van der Waals surface area contributed by atoms with Gasteiger partial charge < -0.3 is 14.6 Å². The number of hydrogen-bond donors (Lipinski definition) is 1. The zero-order valence-electron chi connectivity index (χ0n) is 12.4. The molecule has 0 saturated heterocycles. The molecule has 0 aliphatic rings. The molecular formula is C16H24O4. The first kappa shape index (κ1) is 16.3. The summed E-state index contributed by atoms with van der Waals surface area (Å²) < 4.78 is 10.5. The lowest BCUT2D eigenvalue weighted by molar-refractivity contribution is -0.137. The van der Waals surface area contributed by atoms with E-state index in [1.165, 1.54) is 5.56 Å². The van der Waals surface area contributed by atoms with Gasteiger partial charge in [0.05, 0.1) is 14.2 Å². The molecule has 0 aliphatic carbocycles. The van der Waals surface area contributed by atoms with Gasteiger partial charge >= 0.3 is 5.97 Å². The Morgan fingerprint density at radius 1 is 1.05 bits per heavy atom. The summed E-state index contributed by atoms with van der Waals surface area (Å²) in [5, 5.41) is 8.54. The van der Waals surface area contributed by atoms with Crippen LogP contribution in [0.3, 0.4) is 0 Å². The highest BCUT2D eigenvalue weighted by Crippen LogP contribution is 2.26. The van der Waals surface area contributed by atoms with Gasteiger partial charge in [0, 0.05) is 12.5 Å². The molecule has 1 aromatic rings. The molecular weight excluding hydrogens is 256 g/mol. The number of carbonyl (C=O) groups is 1. The van der Waals surface area contributed by atoms with Crippen molar-refractivity contribution in [2.24, 2.45) is 0 Å². The van der Waals surface area contributed by atoms with Crippen molar-refractivity contribution in [2.45, 2.75) is 44.9 Å². The van der Waals surface area contributed by atoms with Crippen molar-refractivity contribution in [3.05, 3.63) is 23.8 Å². The lowest BCUT2D eigenvalue weighted by Gasteiger charge is -2.10. The maximum absolute atomic E-state index is 10.4. The minimum absolute atomic E-state index is 0.284. The van der Waals surface area contributed by atoms with Crippen molar-refractivity contribution in [3.8, 4) is 11.5 Å². The van der Waals surface area contributed by atoms with Gasteiger partial charge in [0.25, 0.3) is 0 Å². The second-order valence-corrected chi connectivity index (χ2v) is 4.84. The third-order valence-electron chi connectivity index (χ3n) is 3.33. The highest BCUT2D eigenvalue weighted by atomic mass is 16.5. The Kier molecular flexibility index (Phi) is 7.55. The fraction of sp³-hybridized carbons (Fsp3) is 0.562. The molecule has 0 spiro atoms. The minimum atomic E-state index is -0.701. The van der Waals surface area contributed by atoms with E-state index in [9.17, 15) is 4.79 Å². The fourth-order valence-electron chi connectivity index (χ4n) is 2.18. The maximum atomic E-state index is 10.4. The summed E-state index contributed by atoms with van der Waals surface area (Å²) in [4.78, 5) is 10.4. The Morgan fingerprint density at radius 2 is 1.75 bits per heavy atom. The quantitative estimate of drug-likeness (QED) is 0.664. The normalized spacial score (nSPS) is 10.3. The Hall–Kier alpha value is -1.71. The van der Waals surface area contributed by atoms with Gasteiger partial charge in [0.15, 0.2) is 0 Å². The van der Waals surface area contributed by atoms with Crippen LogP contribution < -0.4 is 9.47 Å². The largest absolute Gasteiger partial charge is 0.497 e. The van der Waals surface area contributed by atoms with Crippen LogP contribution in [0.1, 0.15) is 44.1 Å². The molecule has 4 heteroatoms. The number of methoxy groups -OCH3 is 2. The average molecular weight is 280 g/mol. The highest BCUT2D eigenvalue weighted by molar-refractivity contribution is 5.66. The molecule has 0 aliphatic heterocycles. The molecule has 4 nitrogen and oxygen atoms in total. The number of rotatable bonds is 10. The van der Waals surface area contributed by atoms with E-state index in [-0.39, 0.29) is 6.42 Å². The molecule has 0 amide bonds. The van der Waals surface area contributed by atoms with E-state index in [2.05, 4.69) is 0 Å². The fourth-order valence-corrected chi connectivity index (χ4v) is 2.18. The Morgan fingerprint density at radius 3 is 2.40 bits per heavy atom. The summed E-state index contributed by atoms with van der Waals surface area (Å²) in [5.74, 6) is 0.975. The van der Waals surface area contributed by atoms with Crippen molar-refractivity contribution in [1.29, 1.82) is 0 Å². The van der Waals surface area contributed by atoms with Gasteiger partial charge in [-0.15, -0.1) is 0 Å². The average Bonchev–Trinajstić information content (AvgIpc) is 2.46. The van der Waals surface area contributed by atoms with E-state index in [0.717, 1.165) is 50.0 Å². The number of benzene rings is 1. The van der Waals surface area contributed by atoms with E-state index in [1.807, 2.05) is 18.2 Å². The van der Waals surface area contributed by atoms with Crippen molar-refractivity contribution in [1.82, 2.24) is 0 Å². The van der Waals surface area contributed by atoms with Crippen molar-refractivity contribution >= 4 is 5.97 Å². The summed E-state index contributed by atoms with van der Waals surface area (Å²) in [7, 11) is 3.32. The molecule has 0 bridgehead atoms. The number of unbranched alkanes of at least 4 members (excludes halogenated alkanes) is 4. The van der Waals surface area contributed by atoms with Gasteiger partial charge in [-0.1, -0.05) is 25.3 Å². The smallest absolute Gasteiger partial charge is 0.303 e. The molecule has 112 valence electrons. The molecule has 20 heavy (non-hydrogen) atoms. The number of aliphatic carboxylic acids is 1. The Bertz CT molecular complexity index is 415. The topological polar surface area (TPSA) is 55.8 Å². The molecule has 0 heterocycles. The summed E-state index contributed by atoms with van der Waals surface area (Å²) in [5.41, 5.74) is 1.19. The van der Waals surface area contributed by atoms with Crippen LogP contribution in [0.15, 0.2) is 18.2 Å². The lowest BCUT2D eigenvalue weighted by atomic mass is 10.0. The predicted molar refractivity (Wildman–Crippen MR) is 78.6 cm³/mol. The molecule has 0 saturated carbocycles. The first-order chi connectivity index (χ1) is 9.67. The number of ether oxygens (including phenoxy) is 2. The van der Waals surface area contributed by atoms with Crippen molar-refractivity contribution < 1.29 is 19.4 Å². The summed E-state index contributed by atoms with van der Waals surface area (Å²) >= 11 is 0. The van der Waals surface area contributed by atoms with Crippen LogP contribution in [0.2, 0.25) is 0 Å². The zero-order valence-corrected chi connectivity index (χ0v) is 12.4. The van der Waals surface area contributed by atoms with Crippen molar-refractivity contribution in [3.63, 3.8) is 0 Å². The number of carboxylic acids is 1. The van der Waals surface area contributed by atoms with E-state index in [1.54, 1.807) is 14.2 Å². The molecule has 1 aromatic carbocycles. The van der Waals surface area contributed by atoms with E-state index in [4.69, 9.17) is 14.6 Å². The van der Waals surface area contributed by atoms with Gasteiger partial charge in [-0.2, -0.15) is 0 Å². The SMILES string of the molecule is COc1ccc(CCCCCCCC(=O)O)c(OC)c1. The molecule has 0 radical (unpaired) electrons. The van der Waals surface area contributed by atoms with Crippen LogP contribution >= 0.6 is 0 Å². The van der Waals surface area contributed by atoms with Crippen LogP contribution in [-0.4, -0.2) is 25.3 Å². The van der Waals surface area contributed by atoms with Crippen LogP contribution in [0.25, 0.3) is 0 Å². The van der Waals surface area contributed by atoms with Gasteiger partial charge in [0.1, 0.15) is 11.5 Å². The van der Waals surface area contributed by atoms with Gasteiger partial charge in [-0.25, -0.2) is 0 Å². The van der Waals surface area contributed by atoms with Crippen LogP contribution in [-0.2, 0) is 11.2 Å². The van der Waals surface area contributed by atoms with Gasteiger partial charge in [-0.05, 0) is 30.9 Å². The summed E-state index contributed by atoms with van der Waals surface area (Å²) in [6.07, 6.45) is 6.34. The minimum Gasteiger partial charge on any atom is -0.497 e. The first-order valence-corrected chi connectivity index (χ1v) is 7.10. The summed E-state index contributed by atoms with van der Waals surface area (Å²) in [6.45, 7) is 0. The Labute approximate surface area is 120 Å². The van der Waals surface area contributed by atoms with E-state index >= 15 is 0 Å². The van der Waals surface area contributed by atoms with Gasteiger partial charge in [-0.3, -0.25) is 4.79 Å². The third-order valence-corrected chi connectivity index (χ3v) is 3.33. The molecule has 0 atom stereocenters. The second-order valence-electron chi connectivity index (χ2n) is 4.84. The molecule has 0 unspecified atom stereocenters. The molecule has 0 fully saturated rings. The van der Waals surface area contributed by atoms with Gasteiger partial charge in [0.2, 0.25) is 0 Å². The van der Waals surface area contributed by atoms with Crippen LogP contribution in [0.4, 0.5) is 0 Å². The monoisotopic (exact) mass is 280 g/mol. The van der Waals surface area contributed by atoms with Crippen molar-refractivity contribution in [2.75, 3.05) is 14.2 Å². The number of carboxylic acid groups (broad SMARTS) is 1. The predicted octanol–water partition coefficient (Wildman–Crippen LogP) is 3.67. The van der Waals surface area contributed by atoms with Crippen LogP contribution in [0, 0.1) is 0 Å². The lowest BCUT2D eigenvalue weighted by Crippen LogP contribution is -1.95. The Balaban J connectivity index is 2.26. The number of hydrogen-bond acceptors (Lipinski definition) is 3.